The second-order valence-corrected chi connectivity index (χ2v) is 4.23. The summed E-state index contributed by atoms with van der Waals surface area (Å²) < 4.78 is 5.25. The van der Waals surface area contributed by atoms with Crippen molar-refractivity contribution in [3.63, 3.8) is 0 Å². The highest BCUT2D eigenvalue weighted by molar-refractivity contribution is 6.33. The monoisotopic (exact) mass is 280 g/mol. The van der Waals surface area contributed by atoms with E-state index in [9.17, 15) is 4.79 Å². The highest BCUT2D eigenvalue weighted by Crippen LogP contribution is 2.16. The van der Waals surface area contributed by atoms with Crippen molar-refractivity contribution in [2.75, 3.05) is 12.4 Å². The van der Waals surface area contributed by atoms with E-state index in [-0.39, 0.29) is 18.1 Å². The number of hydrogen-bond acceptors (Lipinski definition) is 5. The fourth-order valence-corrected chi connectivity index (χ4v) is 1.65. The molecule has 0 saturated heterocycles. The Hall–Kier alpha value is -2.08. The molecule has 1 amide bonds. The molecule has 0 atom stereocenters. The minimum absolute atomic E-state index is 0.164. The first-order valence-electron chi connectivity index (χ1n) is 5.64. The predicted octanol–water partition coefficient (Wildman–Crippen LogP) is 2.00. The summed E-state index contributed by atoms with van der Waals surface area (Å²) in [6.07, 6.45) is 1.59. The zero-order chi connectivity index (χ0) is 13.8. The number of oxazole rings is 1. The Morgan fingerprint density at radius 3 is 2.89 bits per heavy atom. The molecule has 6 nitrogen and oxygen atoms in total. The molecular formula is C12H13ClN4O2. The molecule has 2 N–H and O–H groups in total. The summed E-state index contributed by atoms with van der Waals surface area (Å²) in [7, 11) is 1.72. The van der Waals surface area contributed by atoms with E-state index >= 15 is 0 Å². The van der Waals surface area contributed by atoms with Gasteiger partial charge in [-0.1, -0.05) is 11.6 Å². The van der Waals surface area contributed by atoms with Crippen LogP contribution in [0, 0.1) is 6.92 Å². The minimum atomic E-state index is -0.377. The Bertz CT molecular complexity index is 597. The normalized spacial score (nSPS) is 10.3. The van der Waals surface area contributed by atoms with Crippen LogP contribution in [-0.2, 0) is 6.54 Å². The zero-order valence-corrected chi connectivity index (χ0v) is 11.3. The summed E-state index contributed by atoms with van der Waals surface area (Å²) in [6.45, 7) is 1.97. The van der Waals surface area contributed by atoms with Crippen LogP contribution >= 0.6 is 11.6 Å². The Labute approximate surface area is 115 Å². The highest BCUT2D eigenvalue weighted by Gasteiger charge is 2.13. The van der Waals surface area contributed by atoms with E-state index in [2.05, 4.69) is 20.6 Å². The molecule has 0 spiro atoms. The van der Waals surface area contributed by atoms with Gasteiger partial charge in [0.2, 0.25) is 5.89 Å². The van der Waals surface area contributed by atoms with Crippen molar-refractivity contribution < 1.29 is 9.21 Å². The molecule has 2 rings (SSSR count). The Kier molecular flexibility index (Phi) is 4.01. The molecule has 0 fully saturated rings. The first-order chi connectivity index (χ1) is 9.10. The van der Waals surface area contributed by atoms with Gasteiger partial charge in [0.05, 0.1) is 17.8 Å². The van der Waals surface area contributed by atoms with Crippen molar-refractivity contribution in [2.45, 2.75) is 13.5 Å². The molecule has 0 aromatic carbocycles. The van der Waals surface area contributed by atoms with Gasteiger partial charge in [0.15, 0.2) is 0 Å². The van der Waals surface area contributed by atoms with E-state index in [1.807, 2.05) is 0 Å². The second-order valence-electron chi connectivity index (χ2n) is 3.82. The molecule has 0 saturated carbocycles. The van der Waals surface area contributed by atoms with Gasteiger partial charge in [0.1, 0.15) is 17.3 Å². The number of carbonyl (C=O) groups excluding carboxylic acids is 1. The van der Waals surface area contributed by atoms with Crippen molar-refractivity contribution >= 4 is 23.3 Å². The quantitative estimate of drug-likeness (QED) is 0.895. The lowest BCUT2D eigenvalue weighted by Crippen LogP contribution is -2.24. The summed E-state index contributed by atoms with van der Waals surface area (Å²) in [6, 6.07) is 3.31. The molecule has 0 unspecified atom stereocenters. The van der Waals surface area contributed by atoms with Gasteiger partial charge in [-0.15, -0.1) is 0 Å². The molecular weight excluding hydrogens is 268 g/mol. The topological polar surface area (TPSA) is 80.0 Å². The van der Waals surface area contributed by atoms with E-state index in [0.29, 0.717) is 22.5 Å². The summed E-state index contributed by atoms with van der Waals surface area (Å²) in [5, 5.41) is 5.79. The van der Waals surface area contributed by atoms with Crippen molar-refractivity contribution in [1.29, 1.82) is 0 Å². The van der Waals surface area contributed by atoms with Crippen LogP contribution in [0.4, 0.5) is 5.82 Å². The number of halogens is 1. The number of nitrogens with one attached hydrogen (secondary N) is 2. The molecule has 0 aliphatic heterocycles. The Morgan fingerprint density at radius 1 is 1.47 bits per heavy atom. The molecule has 100 valence electrons. The van der Waals surface area contributed by atoms with Crippen molar-refractivity contribution in [1.82, 2.24) is 15.3 Å². The van der Waals surface area contributed by atoms with Crippen molar-refractivity contribution in [2.24, 2.45) is 0 Å². The average Bonchev–Trinajstić information content (AvgIpc) is 2.82. The van der Waals surface area contributed by atoms with E-state index in [1.165, 1.54) is 0 Å². The second kappa shape index (κ2) is 5.71. The van der Waals surface area contributed by atoms with Crippen LogP contribution < -0.4 is 10.6 Å². The van der Waals surface area contributed by atoms with Crippen LogP contribution in [0.5, 0.6) is 0 Å². The third-order valence-electron chi connectivity index (χ3n) is 2.39. The van der Waals surface area contributed by atoms with E-state index in [0.717, 1.165) is 0 Å². The molecule has 2 aromatic heterocycles. The van der Waals surface area contributed by atoms with Gasteiger partial charge in [-0.3, -0.25) is 4.79 Å². The van der Waals surface area contributed by atoms with Crippen LogP contribution in [0.2, 0.25) is 5.02 Å². The van der Waals surface area contributed by atoms with Crippen LogP contribution in [-0.4, -0.2) is 22.9 Å². The first-order valence-corrected chi connectivity index (χ1v) is 6.01. The molecule has 0 aliphatic carbocycles. The van der Waals surface area contributed by atoms with Crippen molar-refractivity contribution in [3.8, 4) is 0 Å². The maximum Gasteiger partial charge on any atom is 0.271 e. The van der Waals surface area contributed by atoms with E-state index in [1.54, 1.807) is 32.3 Å². The van der Waals surface area contributed by atoms with Crippen LogP contribution in [0.15, 0.2) is 22.7 Å². The SMILES string of the molecule is CNc1ccc(Cl)c(C(=O)NCc2ncc(C)o2)n1. The number of hydrogen-bond donors (Lipinski definition) is 2. The number of amides is 1. The van der Waals surface area contributed by atoms with Gasteiger partial charge in [-0.2, -0.15) is 0 Å². The lowest BCUT2D eigenvalue weighted by atomic mass is 10.3. The summed E-state index contributed by atoms with van der Waals surface area (Å²) in [4.78, 5) is 20.1. The number of aryl methyl sites for hydroxylation is 1. The average molecular weight is 281 g/mol. The van der Waals surface area contributed by atoms with Gasteiger partial charge in [0.25, 0.3) is 5.91 Å². The molecule has 2 heterocycles. The van der Waals surface area contributed by atoms with Gasteiger partial charge in [-0.05, 0) is 19.1 Å². The fourth-order valence-electron chi connectivity index (χ4n) is 1.46. The smallest absolute Gasteiger partial charge is 0.271 e. The highest BCUT2D eigenvalue weighted by atomic mass is 35.5. The largest absolute Gasteiger partial charge is 0.444 e. The number of pyridine rings is 1. The van der Waals surface area contributed by atoms with Crippen molar-refractivity contribution in [3.05, 3.63) is 40.7 Å². The Morgan fingerprint density at radius 2 is 2.26 bits per heavy atom. The number of aromatic nitrogens is 2. The standard InChI is InChI=1S/C12H13ClN4O2/c1-7-5-15-10(19-7)6-16-12(18)11-8(13)3-4-9(14-2)17-11/h3-5H,6H2,1-2H3,(H,14,17)(H,16,18). The third kappa shape index (κ3) is 3.23. The molecule has 7 heteroatoms. The lowest BCUT2D eigenvalue weighted by molar-refractivity contribution is 0.0942. The maximum atomic E-state index is 12.0. The minimum Gasteiger partial charge on any atom is -0.444 e. The fraction of sp³-hybridized carbons (Fsp3) is 0.250. The van der Waals surface area contributed by atoms with E-state index in [4.69, 9.17) is 16.0 Å². The number of carbonyl (C=O) groups is 1. The third-order valence-corrected chi connectivity index (χ3v) is 2.69. The van der Waals surface area contributed by atoms with Crippen LogP contribution in [0.1, 0.15) is 22.1 Å². The maximum absolute atomic E-state index is 12.0. The van der Waals surface area contributed by atoms with E-state index < -0.39 is 0 Å². The Balaban J connectivity index is 2.07. The molecule has 0 bridgehead atoms. The molecule has 0 aliphatic rings. The van der Waals surface area contributed by atoms with Gasteiger partial charge >= 0.3 is 0 Å². The summed E-state index contributed by atoms with van der Waals surface area (Å²) >= 11 is 5.94. The lowest BCUT2D eigenvalue weighted by Gasteiger charge is -2.06. The van der Waals surface area contributed by atoms with Gasteiger partial charge < -0.3 is 15.1 Å². The molecule has 2 aromatic rings. The first kappa shape index (κ1) is 13.4. The van der Waals surface area contributed by atoms with Gasteiger partial charge in [-0.25, -0.2) is 9.97 Å². The van der Waals surface area contributed by atoms with Gasteiger partial charge in [0, 0.05) is 7.05 Å². The van der Waals surface area contributed by atoms with Crippen LogP contribution in [0.25, 0.3) is 0 Å². The van der Waals surface area contributed by atoms with Crippen LogP contribution in [0.3, 0.4) is 0 Å². The number of rotatable bonds is 4. The molecule has 0 radical (unpaired) electrons. The summed E-state index contributed by atoms with van der Waals surface area (Å²) in [5.74, 6) is 1.32. The predicted molar refractivity (Wildman–Crippen MR) is 71.2 cm³/mol. The zero-order valence-electron chi connectivity index (χ0n) is 10.5. The molecule has 19 heavy (non-hydrogen) atoms. The number of anilines is 1. The number of nitrogens with zero attached hydrogens (tertiary/aromatic N) is 2. The summed E-state index contributed by atoms with van der Waals surface area (Å²) in [5.41, 5.74) is 0.164.